The molecule has 1 saturated carbocycles. The number of amides is 3. The van der Waals surface area contributed by atoms with Gasteiger partial charge in [-0.1, -0.05) is 60.3 Å². The first kappa shape index (κ1) is 29.8. The van der Waals surface area contributed by atoms with Gasteiger partial charge in [-0.2, -0.15) is 4.73 Å². The molecule has 0 bridgehead atoms. The molecule has 2 aromatic carbocycles. The summed E-state index contributed by atoms with van der Waals surface area (Å²) in [6.45, 7) is -0.864. The molecule has 220 valence electrons. The van der Waals surface area contributed by atoms with E-state index in [1.807, 2.05) is 0 Å². The lowest BCUT2D eigenvalue weighted by atomic mass is 9.76. The van der Waals surface area contributed by atoms with E-state index in [1.54, 1.807) is 65.6 Å². The van der Waals surface area contributed by atoms with Crippen LogP contribution in [0.25, 0.3) is 0 Å². The molecular weight excluding hydrogens is 583 g/mol. The maximum absolute atomic E-state index is 14.3. The summed E-state index contributed by atoms with van der Waals surface area (Å²) < 4.78 is 0.642. The number of aliphatic hydroxyl groups is 1. The highest BCUT2D eigenvalue weighted by Gasteiger charge is 2.49. The number of aromatic nitrogens is 1. The minimum atomic E-state index is -0.969. The van der Waals surface area contributed by atoms with Crippen molar-refractivity contribution in [3.05, 3.63) is 104 Å². The fraction of sp³-hybridized carbons (Fsp3) is 0.333. The molecule has 2 aliphatic rings. The monoisotopic (exact) mass is 612 g/mol. The molecule has 1 aromatic heterocycles. The molecule has 3 aromatic rings. The molecule has 0 saturated heterocycles. The van der Waals surface area contributed by atoms with Crippen molar-refractivity contribution in [1.29, 1.82) is 0 Å². The number of aliphatic hydroxyl groups excluding tert-OH is 1. The molecule has 3 N–H and O–H groups in total. The largest absolute Gasteiger partial charge is 0.618 e. The molecule has 42 heavy (non-hydrogen) atoms. The molecule has 1 aliphatic heterocycles. The number of carbonyl (C=O) groups is 3. The number of carbonyl (C=O) groups excluding carboxylic acids is 3. The van der Waals surface area contributed by atoms with Gasteiger partial charge in [-0.3, -0.25) is 19.2 Å². The Morgan fingerprint density at radius 1 is 1.05 bits per heavy atom. The minimum absolute atomic E-state index is 0.183. The fourth-order valence-corrected chi connectivity index (χ4v) is 6.48. The van der Waals surface area contributed by atoms with E-state index >= 15 is 0 Å². The second-order valence-electron chi connectivity index (χ2n) is 10.3. The van der Waals surface area contributed by atoms with Crippen LogP contribution in [-0.2, 0) is 21.0 Å². The van der Waals surface area contributed by atoms with Gasteiger partial charge in [0.05, 0.1) is 18.0 Å². The SMILES string of the molecule is O=C(CO)N[C@H]1CCCC[C@@H]1N1C(=O)c2ccccc2[C@@H](C(=O)NOCc2cccc[n+]2[O-])[C@@H]1c1ccc(Cl)cc1Cl. The predicted molar refractivity (Wildman–Crippen MR) is 154 cm³/mol. The van der Waals surface area contributed by atoms with E-state index in [-0.39, 0.29) is 17.5 Å². The quantitative estimate of drug-likeness (QED) is 0.202. The summed E-state index contributed by atoms with van der Waals surface area (Å²) in [4.78, 5) is 47.7. The average molecular weight is 613 g/mol. The van der Waals surface area contributed by atoms with Crippen molar-refractivity contribution in [3.8, 4) is 0 Å². The Morgan fingerprint density at radius 2 is 1.81 bits per heavy atom. The molecule has 0 radical (unpaired) electrons. The smallest absolute Gasteiger partial charge is 0.255 e. The molecule has 4 atom stereocenters. The second kappa shape index (κ2) is 13.1. The molecule has 1 fully saturated rings. The average Bonchev–Trinajstić information content (AvgIpc) is 2.98. The van der Waals surface area contributed by atoms with Crippen LogP contribution in [0, 0.1) is 5.21 Å². The van der Waals surface area contributed by atoms with Gasteiger partial charge < -0.3 is 20.5 Å². The van der Waals surface area contributed by atoms with Gasteiger partial charge in [0, 0.05) is 33.8 Å². The van der Waals surface area contributed by atoms with Crippen molar-refractivity contribution in [2.75, 3.05) is 6.61 Å². The maximum Gasteiger partial charge on any atom is 0.255 e. The fourth-order valence-electron chi connectivity index (χ4n) is 5.96. The van der Waals surface area contributed by atoms with Gasteiger partial charge in [0.1, 0.15) is 6.61 Å². The first-order valence-electron chi connectivity index (χ1n) is 13.7. The molecule has 12 heteroatoms. The van der Waals surface area contributed by atoms with E-state index in [4.69, 9.17) is 28.0 Å². The molecule has 0 unspecified atom stereocenters. The standard InChI is InChI=1S/C30H30Cl2N4O6/c31-18-12-13-22(23(32)15-18)28-27(29(39)34-42-17-19-7-5-6-14-35(19)41)20-8-1-2-9-21(20)30(40)36(28)25-11-4-3-10-24(25)33-26(38)16-37/h1-2,5-9,12-15,24-25,27-28,37H,3-4,10-11,16-17H2,(H,33,38)(H,34,39)/t24-,25-,27+,28-/m0/s1. The Hall–Kier alpha value is -3.70. The number of nitrogens with zero attached hydrogens (tertiary/aromatic N) is 2. The van der Waals surface area contributed by atoms with Gasteiger partial charge in [-0.15, -0.1) is 0 Å². The van der Waals surface area contributed by atoms with E-state index in [2.05, 4.69) is 10.8 Å². The summed E-state index contributed by atoms with van der Waals surface area (Å²) in [7, 11) is 0. The summed E-state index contributed by atoms with van der Waals surface area (Å²) in [6.07, 6.45) is 4.11. The molecule has 1 aliphatic carbocycles. The first-order valence-corrected chi connectivity index (χ1v) is 14.4. The number of fused-ring (bicyclic) bond motifs is 1. The highest BCUT2D eigenvalue weighted by molar-refractivity contribution is 6.35. The van der Waals surface area contributed by atoms with Gasteiger partial charge in [-0.25, -0.2) is 5.48 Å². The number of nitrogens with one attached hydrogen (secondary N) is 2. The van der Waals surface area contributed by atoms with E-state index in [0.717, 1.165) is 12.8 Å². The second-order valence-corrected chi connectivity index (χ2v) is 11.2. The van der Waals surface area contributed by atoms with E-state index in [0.29, 0.717) is 45.0 Å². The number of hydroxylamine groups is 1. The van der Waals surface area contributed by atoms with Gasteiger partial charge in [0.25, 0.3) is 11.8 Å². The number of rotatable bonds is 8. The Morgan fingerprint density at radius 3 is 2.57 bits per heavy atom. The summed E-state index contributed by atoms with van der Waals surface area (Å²) in [5.41, 5.74) is 4.12. The number of benzene rings is 2. The minimum Gasteiger partial charge on any atom is -0.618 e. The van der Waals surface area contributed by atoms with Crippen LogP contribution in [0.1, 0.15) is 64.8 Å². The predicted octanol–water partition coefficient (Wildman–Crippen LogP) is 3.58. The molecule has 5 rings (SSSR count). The lowest BCUT2D eigenvalue weighted by molar-refractivity contribution is -0.616. The van der Waals surface area contributed by atoms with E-state index in [9.17, 15) is 24.7 Å². The van der Waals surface area contributed by atoms with Gasteiger partial charge in [-0.05, 0) is 48.2 Å². The molecule has 10 nitrogen and oxygen atoms in total. The van der Waals surface area contributed by atoms with E-state index < -0.39 is 42.5 Å². The summed E-state index contributed by atoms with van der Waals surface area (Å²) >= 11 is 13.0. The highest BCUT2D eigenvalue weighted by Crippen LogP contribution is 2.47. The van der Waals surface area contributed by atoms with Crippen LogP contribution >= 0.6 is 23.2 Å². The van der Waals surface area contributed by atoms with Crippen molar-refractivity contribution >= 4 is 40.9 Å². The Kier molecular flexibility index (Phi) is 9.27. The molecule has 3 amide bonds. The topological polar surface area (TPSA) is 135 Å². The van der Waals surface area contributed by atoms with Gasteiger partial charge in [0.15, 0.2) is 12.8 Å². The Bertz CT molecular complexity index is 1490. The first-order chi connectivity index (χ1) is 20.3. The lowest BCUT2D eigenvalue weighted by Gasteiger charge is -2.49. The van der Waals surface area contributed by atoms with E-state index in [1.165, 1.54) is 6.20 Å². The number of pyridine rings is 1. The van der Waals surface area contributed by atoms with Crippen LogP contribution in [0.4, 0.5) is 0 Å². The van der Waals surface area contributed by atoms with Crippen LogP contribution in [-0.4, -0.2) is 46.4 Å². The van der Waals surface area contributed by atoms with Crippen molar-refractivity contribution in [3.63, 3.8) is 0 Å². The zero-order valence-corrected chi connectivity index (χ0v) is 24.1. The van der Waals surface area contributed by atoms with Crippen LogP contribution in [0.2, 0.25) is 10.0 Å². The van der Waals surface area contributed by atoms with Crippen molar-refractivity contribution in [2.45, 2.75) is 56.3 Å². The maximum atomic E-state index is 14.3. The van der Waals surface area contributed by atoms with Crippen LogP contribution < -0.4 is 15.5 Å². The lowest BCUT2D eigenvalue weighted by Crippen LogP contribution is -2.59. The van der Waals surface area contributed by atoms with Gasteiger partial charge >= 0.3 is 0 Å². The Balaban J connectivity index is 1.58. The van der Waals surface area contributed by atoms with Crippen LogP contribution in [0.5, 0.6) is 0 Å². The van der Waals surface area contributed by atoms with Crippen LogP contribution in [0.15, 0.2) is 66.9 Å². The highest BCUT2D eigenvalue weighted by atomic mass is 35.5. The van der Waals surface area contributed by atoms with Crippen molar-refractivity contribution in [2.24, 2.45) is 0 Å². The number of hydrogen-bond acceptors (Lipinski definition) is 6. The zero-order valence-electron chi connectivity index (χ0n) is 22.5. The molecule has 2 heterocycles. The summed E-state index contributed by atoms with van der Waals surface area (Å²) in [6, 6.07) is 14.8. The Labute approximate surface area is 252 Å². The van der Waals surface area contributed by atoms with Crippen LogP contribution in [0.3, 0.4) is 0 Å². The number of halogens is 2. The summed E-state index contributed by atoms with van der Waals surface area (Å²) in [5.74, 6) is -2.37. The molecular formula is C30H30Cl2N4O6. The van der Waals surface area contributed by atoms with Crippen molar-refractivity contribution < 1.29 is 29.1 Å². The van der Waals surface area contributed by atoms with Gasteiger partial charge in [0.2, 0.25) is 11.6 Å². The van der Waals surface area contributed by atoms with Crippen molar-refractivity contribution in [1.82, 2.24) is 15.7 Å². The number of hydrogen-bond donors (Lipinski definition) is 3. The normalized spacial score (nSPS) is 21.9. The molecule has 0 spiro atoms. The third kappa shape index (κ3) is 6.07. The summed E-state index contributed by atoms with van der Waals surface area (Å²) in [5, 5.41) is 25.0. The zero-order chi connectivity index (χ0) is 29.8. The third-order valence-electron chi connectivity index (χ3n) is 7.81. The third-order valence-corrected chi connectivity index (χ3v) is 8.38.